The summed E-state index contributed by atoms with van der Waals surface area (Å²) in [5.74, 6) is -1.46. The molecule has 0 spiro atoms. The molecule has 182 valence electrons. The predicted octanol–water partition coefficient (Wildman–Crippen LogP) is 2.41. The third-order valence-electron chi connectivity index (χ3n) is 5.75. The lowest BCUT2D eigenvalue weighted by Gasteiger charge is -2.49. The quantitative estimate of drug-likeness (QED) is 0.604. The summed E-state index contributed by atoms with van der Waals surface area (Å²) in [6.45, 7) is 3.22. The van der Waals surface area contributed by atoms with E-state index in [0.29, 0.717) is 0 Å². The maximum atomic E-state index is 12.1. The molecule has 0 aromatic heterocycles. The predicted molar refractivity (Wildman–Crippen MR) is 119 cm³/mol. The molecule has 0 saturated carbocycles. The molecular weight excluding hydrogens is 442 g/mol. The van der Waals surface area contributed by atoms with Gasteiger partial charge in [0.1, 0.15) is 24.4 Å². The zero-order valence-electron chi connectivity index (χ0n) is 19.0. The van der Waals surface area contributed by atoms with E-state index in [1.54, 1.807) is 0 Å². The van der Waals surface area contributed by atoms with E-state index in [1.165, 1.54) is 13.8 Å². The average molecular weight is 472 g/mol. The van der Waals surface area contributed by atoms with Gasteiger partial charge in [0, 0.05) is 12.5 Å². The third-order valence-corrected chi connectivity index (χ3v) is 5.75. The lowest BCUT2D eigenvalue weighted by Crippen LogP contribution is -2.67. The normalized spacial score (nSPS) is 29.6. The molecule has 2 fully saturated rings. The number of carbonyl (C=O) groups excluding carboxylic acids is 1. The minimum atomic E-state index is -1.14. The SMILES string of the molecule is CC(=O)N[C@H]1[C@H](OCc2ccccc2)O[C@@H]2CO[C@@H](c3ccccc3)O[C@H]2[C@@H]1O[C@H](C)C(=O)O. The molecule has 2 aromatic rings. The molecule has 0 unspecified atom stereocenters. The number of carbonyl (C=O) groups is 2. The molecule has 4 rings (SSSR count). The van der Waals surface area contributed by atoms with Gasteiger partial charge in [0.2, 0.25) is 5.91 Å². The fourth-order valence-electron chi connectivity index (χ4n) is 4.09. The van der Waals surface area contributed by atoms with E-state index < -0.39 is 49.0 Å². The lowest BCUT2D eigenvalue weighted by molar-refractivity contribution is -0.351. The monoisotopic (exact) mass is 471 g/mol. The maximum Gasteiger partial charge on any atom is 0.332 e. The van der Waals surface area contributed by atoms with Gasteiger partial charge in [-0.15, -0.1) is 0 Å². The van der Waals surface area contributed by atoms with Crippen LogP contribution in [0.4, 0.5) is 0 Å². The first kappa shape index (κ1) is 24.3. The summed E-state index contributed by atoms with van der Waals surface area (Å²) >= 11 is 0. The van der Waals surface area contributed by atoms with Crippen LogP contribution in [0.2, 0.25) is 0 Å². The molecular formula is C25H29NO8. The highest BCUT2D eigenvalue weighted by molar-refractivity contribution is 5.73. The molecule has 0 radical (unpaired) electrons. The number of fused-ring (bicyclic) bond motifs is 1. The fraction of sp³-hybridized carbons (Fsp3) is 0.440. The number of nitrogens with one attached hydrogen (secondary N) is 1. The number of ether oxygens (including phenoxy) is 5. The standard InChI is InChI=1S/C25H29NO8/c1-15(23(28)29)32-22-20(26-16(2)27)25(30-13-17-9-5-3-6-10-17)33-19-14-31-24(34-21(19)22)18-11-7-4-8-12-18/h3-12,15,19-22,24-25H,13-14H2,1-2H3,(H,26,27)(H,28,29)/t15-,19-,20-,21-,22-,24-,25-/m1/s1. The first-order chi connectivity index (χ1) is 16.4. The number of amides is 1. The summed E-state index contributed by atoms with van der Waals surface area (Å²) in [5.41, 5.74) is 1.73. The minimum Gasteiger partial charge on any atom is -0.479 e. The van der Waals surface area contributed by atoms with Gasteiger partial charge in [0.05, 0.1) is 13.2 Å². The number of rotatable bonds is 8. The van der Waals surface area contributed by atoms with Crippen LogP contribution < -0.4 is 5.32 Å². The second kappa shape index (κ2) is 11.1. The Kier molecular flexibility index (Phi) is 7.91. The number of benzene rings is 2. The van der Waals surface area contributed by atoms with Gasteiger partial charge in [-0.05, 0) is 12.5 Å². The molecule has 2 aliphatic rings. The molecule has 0 aliphatic carbocycles. The van der Waals surface area contributed by atoms with Crippen molar-refractivity contribution < 1.29 is 38.4 Å². The van der Waals surface area contributed by atoms with Crippen molar-refractivity contribution in [2.24, 2.45) is 0 Å². The Labute approximate surface area is 197 Å². The molecule has 0 bridgehead atoms. The van der Waals surface area contributed by atoms with Crippen LogP contribution in [0.15, 0.2) is 60.7 Å². The highest BCUT2D eigenvalue weighted by Gasteiger charge is 2.52. The second-order valence-electron chi connectivity index (χ2n) is 8.32. The maximum absolute atomic E-state index is 12.1. The molecule has 9 heteroatoms. The van der Waals surface area contributed by atoms with E-state index in [2.05, 4.69) is 5.32 Å². The molecule has 2 aromatic carbocycles. The lowest BCUT2D eigenvalue weighted by atomic mass is 9.95. The largest absolute Gasteiger partial charge is 0.479 e. The summed E-state index contributed by atoms with van der Waals surface area (Å²) in [7, 11) is 0. The Hall–Kier alpha value is -2.82. The average Bonchev–Trinajstić information content (AvgIpc) is 2.84. The molecule has 34 heavy (non-hydrogen) atoms. The Balaban J connectivity index is 1.59. The van der Waals surface area contributed by atoms with Crippen LogP contribution >= 0.6 is 0 Å². The molecule has 1 amide bonds. The first-order valence-electron chi connectivity index (χ1n) is 11.2. The van der Waals surface area contributed by atoms with Gasteiger partial charge in [-0.3, -0.25) is 4.79 Å². The van der Waals surface area contributed by atoms with Crippen molar-refractivity contribution in [2.45, 2.75) is 63.5 Å². The van der Waals surface area contributed by atoms with Crippen LogP contribution in [0.25, 0.3) is 0 Å². The van der Waals surface area contributed by atoms with E-state index in [1.807, 2.05) is 60.7 Å². The fourth-order valence-corrected chi connectivity index (χ4v) is 4.09. The Bertz CT molecular complexity index is 956. The number of carboxylic acids is 1. The van der Waals surface area contributed by atoms with E-state index in [9.17, 15) is 14.7 Å². The highest BCUT2D eigenvalue weighted by atomic mass is 16.8. The molecule has 2 saturated heterocycles. The summed E-state index contributed by atoms with van der Waals surface area (Å²) in [5, 5.41) is 12.3. The first-order valence-corrected chi connectivity index (χ1v) is 11.2. The van der Waals surface area contributed by atoms with Gasteiger partial charge in [0.25, 0.3) is 0 Å². The van der Waals surface area contributed by atoms with Crippen LogP contribution in [0.3, 0.4) is 0 Å². The van der Waals surface area contributed by atoms with Crippen molar-refractivity contribution in [3.63, 3.8) is 0 Å². The number of hydrogen-bond donors (Lipinski definition) is 2. The summed E-state index contributed by atoms with van der Waals surface area (Å²) in [6.07, 6.45) is -4.87. The van der Waals surface area contributed by atoms with E-state index >= 15 is 0 Å². The third kappa shape index (κ3) is 5.81. The van der Waals surface area contributed by atoms with Crippen molar-refractivity contribution in [3.05, 3.63) is 71.8 Å². The van der Waals surface area contributed by atoms with Crippen molar-refractivity contribution in [2.75, 3.05) is 6.61 Å². The zero-order chi connectivity index (χ0) is 24.1. The van der Waals surface area contributed by atoms with Gasteiger partial charge >= 0.3 is 5.97 Å². The van der Waals surface area contributed by atoms with Crippen LogP contribution in [0.1, 0.15) is 31.3 Å². The van der Waals surface area contributed by atoms with Crippen molar-refractivity contribution in [1.82, 2.24) is 5.32 Å². The minimum absolute atomic E-state index is 0.184. The smallest absolute Gasteiger partial charge is 0.332 e. The summed E-state index contributed by atoms with van der Waals surface area (Å²) in [6, 6.07) is 18.1. The van der Waals surface area contributed by atoms with Crippen molar-refractivity contribution in [3.8, 4) is 0 Å². The van der Waals surface area contributed by atoms with Gasteiger partial charge in [-0.1, -0.05) is 60.7 Å². The van der Waals surface area contributed by atoms with Crippen LogP contribution in [-0.4, -0.2) is 60.3 Å². The van der Waals surface area contributed by atoms with Gasteiger partial charge < -0.3 is 34.1 Å². The Morgan fingerprint density at radius 3 is 2.41 bits per heavy atom. The molecule has 7 atom stereocenters. The number of carboxylic acid groups (broad SMARTS) is 1. The summed E-state index contributed by atoms with van der Waals surface area (Å²) in [4.78, 5) is 23.7. The number of aliphatic carboxylic acids is 1. The molecule has 2 N–H and O–H groups in total. The van der Waals surface area contributed by atoms with Gasteiger partial charge in [-0.2, -0.15) is 0 Å². The topological polar surface area (TPSA) is 113 Å². The van der Waals surface area contributed by atoms with E-state index in [0.717, 1.165) is 11.1 Å². The van der Waals surface area contributed by atoms with Gasteiger partial charge in [-0.25, -0.2) is 4.79 Å². The van der Waals surface area contributed by atoms with Crippen LogP contribution in [0, 0.1) is 0 Å². The van der Waals surface area contributed by atoms with Crippen molar-refractivity contribution in [1.29, 1.82) is 0 Å². The van der Waals surface area contributed by atoms with E-state index in [-0.39, 0.29) is 19.1 Å². The Morgan fingerprint density at radius 2 is 1.76 bits per heavy atom. The second-order valence-corrected chi connectivity index (χ2v) is 8.32. The molecule has 9 nitrogen and oxygen atoms in total. The Morgan fingerprint density at radius 1 is 1.09 bits per heavy atom. The van der Waals surface area contributed by atoms with Crippen LogP contribution in [-0.2, 0) is 39.9 Å². The molecule has 2 aliphatic heterocycles. The summed E-state index contributed by atoms with van der Waals surface area (Å²) < 4.78 is 30.3. The van der Waals surface area contributed by atoms with Crippen LogP contribution in [0.5, 0.6) is 0 Å². The highest BCUT2D eigenvalue weighted by Crippen LogP contribution is 2.36. The van der Waals surface area contributed by atoms with E-state index in [4.69, 9.17) is 23.7 Å². The number of hydrogen-bond acceptors (Lipinski definition) is 7. The van der Waals surface area contributed by atoms with Gasteiger partial charge in [0.15, 0.2) is 18.7 Å². The zero-order valence-corrected chi connectivity index (χ0v) is 19.0. The molecule has 2 heterocycles. The van der Waals surface area contributed by atoms with Crippen molar-refractivity contribution >= 4 is 11.9 Å².